The van der Waals surface area contributed by atoms with Gasteiger partial charge in [0.2, 0.25) is 5.91 Å². The lowest BCUT2D eigenvalue weighted by Crippen LogP contribution is -2.49. The van der Waals surface area contributed by atoms with E-state index < -0.39 is 0 Å². The summed E-state index contributed by atoms with van der Waals surface area (Å²) in [6, 6.07) is 16.4. The summed E-state index contributed by atoms with van der Waals surface area (Å²) in [5.41, 5.74) is 2.43. The van der Waals surface area contributed by atoms with Crippen LogP contribution in [-0.4, -0.2) is 62.7 Å². The number of methoxy groups -OCH3 is 2. The molecule has 1 saturated heterocycles. The van der Waals surface area contributed by atoms with Crippen LogP contribution < -0.4 is 9.47 Å². The SMILES string of the molecule is COc1cc(CCC(=O)N2CCN(CCc3ccccc3)CC2)cc(OC)c1. The van der Waals surface area contributed by atoms with Crippen LogP contribution in [0.15, 0.2) is 48.5 Å². The van der Waals surface area contributed by atoms with Gasteiger partial charge >= 0.3 is 0 Å². The molecule has 2 aromatic rings. The minimum atomic E-state index is 0.226. The highest BCUT2D eigenvalue weighted by atomic mass is 16.5. The molecular weight excluding hydrogens is 352 g/mol. The van der Waals surface area contributed by atoms with Crippen LogP contribution in [0.4, 0.5) is 0 Å². The molecule has 0 unspecified atom stereocenters. The Morgan fingerprint density at radius 3 is 2.11 bits per heavy atom. The van der Waals surface area contributed by atoms with Crippen LogP contribution in [0.1, 0.15) is 17.5 Å². The standard InChI is InChI=1S/C23H30N2O3/c1-27-21-16-20(17-22(18-21)28-2)8-9-23(26)25-14-12-24(13-15-25)11-10-19-6-4-3-5-7-19/h3-7,16-18H,8-15H2,1-2H3. The Kier molecular flexibility index (Phi) is 7.31. The van der Waals surface area contributed by atoms with Crippen molar-refractivity contribution in [1.82, 2.24) is 9.80 Å². The Hall–Kier alpha value is -2.53. The maximum absolute atomic E-state index is 12.6. The van der Waals surface area contributed by atoms with Crippen LogP contribution in [0.25, 0.3) is 0 Å². The fourth-order valence-electron chi connectivity index (χ4n) is 3.57. The number of ether oxygens (including phenoxy) is 2. The molecule has 0 atom stereocenters. The van der Waals surface area contributed by atoms with Crippen molar-refractivity contribution in [2.75, 3.05) is 46.9 Å². The van der Waals surface area contributed by atoms with Gasteiger partial charge in [-0.1, -0.05) is 30.3 Å². The van der Waals surface area contributed by atoms with Crippen molar-refractivity contribution in [1.29, 1.82) is 0 Å². The van der Waals surface area contributed by atoms with Gasteiger partial charge in [0, 0.05) is 45.2 Å². The molecule has 1 aliphatic heterocycles. The summed E-state index contributed by atoms with van der Waals surface area (Å²) in [5.74, 6) is 1.74. The largest absolute Gasteiger partial charge is 0.497 e. The van der Waals surface area contributed by atoms with Gasteiger partial charge in [0.05, 0.1) is 14.2 Å². The second-order valence-electron chi connectivity index (χ2n) is 7.18. The maximum atomic E-state index is 12.6. The molecule has 0 bridgehead atoms. The second-order valence-corrected chi connectivity index (χ2v) is 7.18. The topological polar surface area (TPSA) is 42.0 Å². The van der Waals surface area contributed by atoms with E-state index in [1.165, 1.54) is 5.56 Å². The third-order valence-corrected chi connectivity index (χ3v) is 5.32. The van der Waals surface area contributed by atoms with Gasteiger partial charge in [-0.25, -0.2) is 0 Å². The van der Waals surface area contributed by atoms with Crippen LogP contribution in [0, 0.1) is 0 Å². The smallest absolute Gasteiger partial charge is 0.222 e. The van der Waals surface area contributed by atoms with Gasteiger partial charge in [-0.15, -0.1) is 0 Å². The van der Waals surface area contributed by atoms with Crippen molar-refractivity contribution in [3.05, 3.63) is 59.7 Å². The summed E-state index contributed by atoms with van der Waals surface area (Å²) in [6.07, 6.45) is 2.27. The van der Waals surface area contributed by atoms with E-state index in [0.717, 1.165) is 56.2 Å². The van der Waals surface area contributed by atoms with Crippen molar-refractivity contribution < 1.29 is 14.3 Å². The minimum absolute atomic E-state index is 0.226. The molecule has 1 aliphatic rings. The van der Waals surface area contributed by atoms with Crippen LogP contribution >= 0.6 is 0 Å². The number of piperazine rings is 1. The van der Waals surface area contributed by atoms with E-state index in [1.807, 2.05) is 23.1 Å². The first-order chi connectivity index (χ1) is 13.7. The predicted molar refractivity (Wildman–Crippen MR) is 111 cm³/mol. The van der Waals surface area contributed by atoms with Crippen molar-refractivity contribution >= 4 is 5.91 Å². The van der Waals surface area contributed by atoms with E-state index in [0.29, 0.717) is 12.8 Å². The first-order valence-corrected chi connectivity index (χ1v) is 9.94. The highest BCUT2D eigenvalue weighted by Crippen LogP contribution is 2.23. The summed E-state index contributed by atoms with van der Waals surface area (Å²) in [7, 11) is 3.28. The molecule has 0 aromatic heterocycles. The number of carbonyl (C=O) groups excluding carboxylic acids is 1. The zero-order valence-corrected chi connectivity index (χ0v) is 16.9. The van der Waals surface area contributed by atoms with Crippen LogP contribution in [0.3, 0.4) is 0 Å². The molecule has 1 amide bonds. The number of rotatable bonds is 8. The molecule has 0 aliphatic carbocycles. The number of benzene rings is 2. The van der Waals surface area contributed by atoms with Gasteiger partial charge in [-0.3, -0.25) is 9.69 Å². The van der Waals surface area contributed by atoms with Crippen molar-refractivity contribution in [2.45, 2.75) is 19.3 Å². The Balaban J connectivity index is 1.43. The van der Waals surface area contributed by atoms with Gasteiger partial charge in [0.15, 0.2) is 0 Å². The monoisotopic (exact) mass is 382 g/mol. The number of nitrogens with zero attached hydrogens (tertiary/aromatic N) is 2. The third kappa shape index (κ3) is 5.73. The van der Waals surface area contributed by atoms with Crippen molar-refractivity contribution in [3.8, 4) is 11.5 Å². The summed E-state index contributed by atoms with van der Waals surface area (Å²) in [5, 5.41) is 0. The summed E-state index contributed by atoms with van der Waals surface area (Å²) >= 11 is 0. The first kappa shape index (κ1) is 20.2. The molecule has 5 nitrogen and oxygen atoms in total. The van der Waals surface area contributed by atoms with E-state index in [-0.39, 0.29) is 5.91 Å². The Morgan fingerprint density at radius 1 is 0.857 bits per heavy atom. The molecule has 150 valence electrons. The molecule has 0 saturated carbocycles. The Morgan fingerprint density at radius 2 is 1.50 bits per heavy atom. The fraction of sp³-hybridized carbons (Fsp3) is 0.435. The summed E-state index contributed by atoms with van der Waals surface area (Å²) in [4.78, 5) is 17.1. The lowest BCUT2D eigenvalue weighted by molar-refractivity contribution is -0.132. The van der Waals surface area contributed by atoms with Crippen LogP contribution in [0.2, 0.25) is 0 Å². The predicted octanol–water partition coefficient (Wildman–Crippen LogP) is 3.02. The summed E-state index contributed by atoms with van der Waals surface area (Å²) in [6.45, 7) is 4.58. The lowest BCUT2D eigenvalue weighted by Gasteiger charge is -2.34. The molecule has 2 aromatic carbocycles. The highest BCUT2D eigenvalue weighted by molar-refractivity contribution is 5.76. The van der Waals surface area contributed by atoms with E-state index in [2.05, 4.69) is 35.2 Å². The molecular formula is C23H30N2O3. The molecule has 0 N–H and O–H groups in total. The normalized spacial score (nSPS) is 14.7. The average molecular weight is 383 g/mol. The zero-order valence-electron chi connectivity index (χ0n) is 16.9. The highest BCUT2D eigenvalue weighted by Gasteiger charge is 2.20. The average Bonchev–Trinajstić information content (AvgIpc) is 2.76. The summed E-state index contributed by atoms with van der Waals surface area (Å²) < 4.78 is 10.6. The molecule has 28 heavy (non-hydrogen) atoms. The number of carbonyl (C=O) groups is 1. The number of hydrogen-bond acceptors (Lipinski definition) is 4. The van der Waals surface area contributed by atoms with Crippen LogP contribution in [-0.2, 0) is 17.6 Å². The van der Waals surface area contributed by atoms with E-state index >= 15 is 0 Å². The van der Waals surface area contributed by atoms with Gasteiger partial charge in [0.1, 0.15) is 11.5 Å². The fourth-order valence-corrected chi connectivity index (χ4v) is 3.57. The molecule has 5 heteroatoms. The van der Waals surface area contributed by atoms with E-state index in [9.17, 15) is 4.79 Å². The second kappa shape index (κ2) is 10.1. The Bertz CT molecular complexity index is 733. The Labute approximate surface area is 167 Å². The first-order valence-electron chi connectivity index (χ1n) is 9.94. The van der Waals surface area contributed by atoms with Gasteiger partial charge in [0.25, 0.3) is 0 Å². The lowest BCUT2D eigenvalue weighted by atomic mass is 10.1. The number of aryl methyl sites for hydroxylation is 1. The third-order valence-electron chi connectivity index (χ3n) is 5.32. The van der Waals surface area contributed by atoms with E-state index in [1.54, 1.807) is 14.2 Å². The van der Waals surface area contributed by atoms with Crippen LogP contribution in [0.5, 0.6) is 11.5 Å². The quantitative estimate of drug-likeness (QED) is 0.704. The van der Waals surface area contributed by atoms with Gasteiger partial charge in [-0.2, -0.15) is 0 Å². The number of amides is 1. The van der Waals surface area contributed by atoms with E-state index in [4.69, 9.17) is 9.47 Å². The maximum Gasteiger partial charge on any atom is 0.222 e. The molecule has 0 spiro atoms. The van der Waals surface area contributed by atoms with Crippen molar-refractivity contribution in [3.63, 3.8) is 0 Å². The molecule has 0 radical (unpaired) electrons. The molecule has 1 heterocycles. The molecule has 1 fully saturated rings. The van der Waals surface area contributed by atoms with Crippen molar-refractivity contribution in [2.24, 2.45) is 0 Å². The van der Waals surface area contributed by atoms with Gasteiger partial charge in [-0.05, 0) is 36.1 Å². The van der Waals surface area contributed by atoms with Gasteiger partial charge < -0.3 is 14.4 Å². The zero-order chi connectivity index (χ0) is 19.8. The number of hydrogen-bond donors (Lipinski definition) is 0. The molecule has 3 rings (SSSR count). The minimum Gasteiger partial charge on any atom is -0.497 e.